The zero-order valence-corrected chi connectivity index (χ0v) is 16.6. The molecule has 0 saturated heterocycles. The highest BCUT2D eigenvalue weighted by Gasteiger charge is 2.14. The average Bonchev–Trinajstić information content (AvgIpc) is 3.01. The number of hydrogen-bond acceptors (Lipinski definition) is 3. The predicted molar refractivity (Wildman–Crippen MR) is 96.4 cm³/mol. The monoisotopic (exact) mass is 479 g/mol. The smallest absolute Gasteiger partial charge is 0.224 e. The fourth-order valence-electron chi connectivity index (χ4n) is 2.06. The Morgan fingerprint density at radius 1 is 1.50 bits per heavy atom. The number of halogens is 2. The van der Waals surface area contributed by atoms with Crippen LogP contribution in [0, 0.1) is 10.5 Å². The third kappa shape index (κ3) is 4.09. The van der Waals surface area contributed by atoms with Gasteiger partial charge in [-0.2, -0.15) is 10.2 Å². The van der Waals surface area contributed by atoms with Crippen LogP contribution in [0.25, 0.3) is 0 Å². The lowest BCUT2D eigenvalue weighted by Gasteiger charge is -2.16. The van der Waals surface area contributed by atoms with Crippen molar-refractivity contribution in [1.82, 2.24) is 24.5 Å². The maximum Gasteiger partial charge on any atom is 0.224 e. The molecular formula is C14H19BrIN5O. The van der Waals surface area contributed by atoms with Crippen LogP contribution in [0.15, 0.2) is 16.9 Å². The Bertz CT molecular complexity index is 666. The SMILES string of the molecule is CCn1cc(Br)c(CN(C)C(=O)CCn2ncc(I)c2C)n1. The Labute approximate surface area is 152 Å². The molecule has 2 aromatic heterocycles. The summed E-state index contributed by atoms with van der Waals surface area (Å²) in [5, 5.41) is 8.72. The molecule has 2 rings (SSSR count). The van der Waals surface area contributed by atoms with E-state index in [0.717, 1.165) is 26.0 Å². The van der Waals surface area contributed by atoms with Crippen LogP contribution in [-0.4, -0.2) is 37.4 Å². The van der Waals surface area contributed by atoms with E-state index in [4.69, 9.17) is 0 Å². The molecule has 6 nitrogen and oxygen atoms in total. The molecule has 0 aliphatic rings. The van der Waals surface area contributed by atoms with Crippen molar-refractivity contribution in [3.63, 3.8) is 0 Å². The molecule has 0 N–H and O–H groups in total. The second kappa shape index (κ2) is 7.58. The number of carbonyl (C=O) groups is 1. The van der Waals surface area contributed by atoms with Gasteiger partial charge < -0.3 is 4.90 Å². The summed E-state index contributed by atoms with van der Waals surface area (Å²) in [6.45, 7) is 5.96. The van der Waals surface area contributed by atoms with E-state index in [2.05, 4.69) is 48.7 Å². The van der Waals surface area contributed by atoms with Crippen molar-refractivity contribution in [3.05, 3.63) is 31.8 Å². The van der Waals surface area contributed by atoms with Crippen molar-refractivity contribution in [1.29, 1.82) is 0 Å². The standard InChI is InChI=1S/C14H19BrIN5O/c1-4-20-8-11(15)13(18-20)9-19(3)14(22)5-6-21-10(2)12(16)7-17-21/h7-8H,4-6,9H2,1-3H3. The van der Waals surface area contributed by atoms with Crippen molar-refractivity contribution in [2.45, 2.75) is 39.9 Å². The zero-order valence-electron chi connectivity index (χ0n) is 12.9. The summed E-state index contributed by atoms with van der Waals surface area (Å²) >= 11 is 5.73. The second-order valence-electron chi connectivity index (χ2n) is 5.08. The van der Waals surface area contributed by atoms with Gasteiger partial charge >= 0.3 is 0 Å². The molecule has 0 radical (unpaired) electrons. The number of carbonyl (C=O) groups excluding carboxylic acids is 1. The third-order valence-corrected chi connectivity index (χ3v) is 5.23. The van der Waals surface area contributed by atoms with Crippen LogP contribution in [0.3, 0.4) is 0 Å². The molecule has 0 unspecified atom stereocenters. The molecule has 0 atom stereocenters. The van der Waals surface area contributed by atoms with Gasteiger partial charge in [-0.1, -0.05) is 0 Å². The van der Waals surface area contributed by atoms with Gasteiger partial charge in [-0.05, 0) is 52.4 Å². The second-order valence-corrected chi connectivity index (χ2v) is 7.10. The van der Waals surface area contributed by atoms with Crippen molar-refractivity contribution in [2.24, 2.45) is 0 Å². The molecule has 0 spiro atoms. The van der Waals surface area contributed by atoms with Gasteiger partial charge in [-0.25, -0.2) is 0 Å². The normalized spacial score (nSPS) is 11.0. The van der Waals surface area contributed by atoms with Crippen LogP contribution in [-0.2, 0) is 24.4 Å². The minimum Gasteiger partial charge on any atom is -0.340 e. The van der Waals surface area contributed by atoms with Crippen LogP contribution < -0.4 is 0 Å². The van der Waals surface area contributed by atoms with Gasteiger partial charge in [-0.3, -0.25) is 14.2 Å². The largest absolute Gasteiger partial charge is 0.340 e. The molecule has 2 aromatic rings. The van der Waals surface area contributed by atoms with Gasteiger partial charge in [0.1, 0.15) is 0 Å². The van der Waals surface area contributed by atoms with Crippen molar-refractivity contribution < 1.29 is 4.79 Å². The summed E-state index contributed by atoms with van der Waals surface area (Å²) in [4.78, 5) is 14.0. The van der Waals surface area contributed by atoms with Gasteiger partial charge in [0, 0.05) is 38.4 Å². The number of nitrogens with zero attached hydrogens (tertiary/aromatic N) is 5. The number of amides is 1. The molecule has 0 aliphatic carbocycles. The number of aromatic nitrogens is 4. The molecule has 0 aromatic carbocycles. The predicted octanol–water partition coefficient (Wildman–Crippen LogP) is 2.82. The van der Waals surface area contributed by atoms with E-state index in [1.807, 2.05) is 35.6 Å². The lowest BCUT2D eigenvalue weighted by Crippen LogP contribution is -2.27. The first-order valence-corrected chi connectivity index (χ1v) is 8.93. The maximum atomic E-state index is 12.3. The summed E-state index contributed by atoms with van der Waals surface area (Å²) in [6.07, 6.45) is 4.18. The van der Waals surface area contributed by atoms with Gasteiger partial charge in [0.25, 0.3) is 0 Å². The van der Waals surface area contributed by atoms with Crippen molar-refractivity contribution >= 4 is 44.4 Å². The first-order chi connectivity index (χ1) is 10.4. The number of hydrogen-bond donors (Lipinski definition) is 0. The number of rotatable bonds is 6. The van der Waals surface area contributed by atoms with E-state index >= 15 is 0 Å². The van der Waals surface area contributed by atoms with E-state index in [9.17, 15) is 4.79 Å². The van der Waals surface area contributed by atoms with Crippen LogP contribution >= 0.6 is 38.5 Å². The van der Waals surface area contributed by atoms with E-state index in [-0.39, 0.29) is 5.91 Å². The summed E-state index contributed by atoms with van der Waals surface area (Å²) in [5.74, 6) is 0.0860. The van der Waals surface area contributed by atoms with E-state index in [1.165, 1.54) is 0 Å². The molecule has 8 heteroatoms. The Kier molecular flexibility index (Phi) is 6.01. The summed E-state index contributed by atoms with van der Waals surface area (Å²) in [7, 11) is 1.81. The van der Waals surface area contributed by atoms with Gasteiger partial charge in [0.05, 0.1) is 26.5 Å². The molecule has 2 heterocycles. The van der Waals surface area contributed by atoms with Crippen LogP contribution in [0.2, 0.25) is 0 Å². The Hall–Kier alpha value is -0.900. The lowest BCUT2D eigenvalue weighted by molar-refractivity contribution is -0.130. The minimum atomic E-state index is 0.0860. The topological polar surface area (TPSA) is 56.0 Å². The molecule has 0 aliphatic heterocycles. The van der Waals surface area contributed by atoms with Gasteiger partial charge in [0.15, 0.2) is 0 Å². The molecule has 22 heavy (non-hydrogen) atoms. The Balaban J connectivity index is 1.91. The summed E-state index contributed by atoms with van der Waals surface area (Å²) < 4.78 is 5.78. The summed E-state index contributed by atoms with van der Waals surface area (Å²) in [6, 6.07) is 0. The Morgan fingerprint density at radius 3 is 2.77 bits per heavy atom. The highest BCUT2D eigenvalue weighted by molar-refractivity contribution is 14.1. The third-order valence-electron chi connectivity index (χ3n) is 3.50. The summed E-state index contributed by atoms with van der Waals surface area (Å²) in [5.41, 5.74) is 1.98. The van der Waals surface area contributed by atoms with Crippen LogP contribution in [0.5, 0.6) is 0 Å². The highest BCUT2D eigenvalue weighted by atomic mass is 127. The Morgan fingerprint density at radius 2 is 2.23 bits per heavy atom. The first-order valence-electron chi connectivity index (χ1n) is 7.06. The first kappa shape index (κ1) is 17.5. The molecule has 0 fully saturated rings. The van der Waals surface area contributed by atoms with E-state index in [0.29, 0.717) is 19.5 Å². The van der Waals surface area contributed by atoms with Gasteiger partial charge in [0.2, 0.25) is 5.91 Å². The van der Waals surface area contributed by atoms with E-state index in [1.54, 1.807) is 11.9 Å². The minimum absolute atomic E-state index is 0.0860. The molecule has 0 saturated carbocycles. The zero-order chi connectivity index (χ0) is 16.3. The molecular weight excluding hydrogens is 461 g/mol. The average molecular weight is 480 g/mol. The number of aryl methyl sites for hydroxylation is 2. The molecule has 0 bridgehead atoms. The van der Waals surface area contributed by atoms with Crippen molar-refractivity contribution in [3.8, 4) is 0 Å². The molecule has 120 valence electrons. The fourth-order valence-corrected chi connectivity index (χ4v) is 2.90. The van der Waals surface area contributed by atoms with E-state index < -0.39 is 0 Å². The maximum absolute atomic E-state index is 12.3. The van der Waals surface area contributed by atoms with Gasteiger partial charge in [-0.15, -0.1) is 0 Å². The fraction of sp³-hybridized carbons (Fsp3) is 0.500. The lowest BCUT2D eigenvalue weighted by atomic mass is 10.3. The van der Waals surface area contributed by atoms with Crippen molar-refractivity contribution in [2.75, 3.05) is 7.05 Å². The van der Waals surface area contributed by atoms with Crippen LogP contribution in [0.1, 0.15) is 24.7 Å². The highest BCUT2D eigenvalue weighted by Crippen LogP contribution is 2.17. The molecule has 1 amide bonds. The van der Waals surface area contributed by atoms with Crippen LogP contribution in [0.4, 0.5) is 0 Å². The quantitative estimate of drug-likeness (QED) is 0.598.